The zero-order valence-corrected chi connectivity index (χ0v) is 12.9. The maximum Gasteiger partial charge on any atom is 0.305 e. The smallest absolute Gasteiger partial charge is 0.305 e. The van der Waals surface area contributed by atoms with Crippen LogP contribution in [-0.2, 0) is 19.0 Å². The number of rotatable bonds is 7. The molecule has 0 amide bonds. The van der Waals surface area contributed by atoms with Crippen molar-refractivity contribution >= 4 is 5.97 Å². The van der Waals surface area contributed by atoms with E-state index >= 15 is 0 Å². The van der Waals surface area contributed by atoms with Crippen molar-refractivity contribution in [1.29, 1.82) is 0 Å². The number of hydrogen-bond donors (Lipinski definition) is 1. The first kappa shape index (κ1) is 16.9. The average molecular weight is 308 g/mol. The summed E-state index contributed by atoms with van der Waals surface area (Å²) in [5, 5.41) is 9.98. The van der Waals surface area contributed by atoms with Crippen LogP contribution in [0.15, 0.2) is 30.3 Å². The monoisotopic (exact) mass is 308 g/mol. The van der Waals surface area contributed by atoms with E-state index in [0.29, 0.717) is 19.4 Å². The van der Waals surface area contributed by atoms with Crippen LogP contribution in [0.25, 0.3) is 0 Å². The number of unbranched alkanes of at least 4 members (excludes halogenated alkanes) is 1. The number of aliphatic hydroxyl groups is 1. The quantitative estimate of drug-likeness (QED) is 0.619. The predicted molar refractivity (Wildman–Crippen MR) is 81.1 cm³/mol. The van der Waals surface area contributed by atoms with Gasteiger partial charge in [0, 0.05) is 12.0 Å². The van der Waals surface area contributed by atoms with E-state index in [4.69, 9.17) is 14.2 Å². The molecule has 5 heteroatoms. The minimum Gasteiger partial charge on any atom is -0.466 e. The molecule has 0 saturated carbocycles. The lowest BCUT2D eigenvalue weighted by Gasteiger charge is -2.34. The van der Waals surface area contributed by atoms with E-state index < -0.39 is 12.4 Å². The Hall–Kier alpha value is -1.43. The summed E-state index contributed by atoms with van der Waals surface area (Å²) in [5.74, 6) is -0.168. The van der Waals surface area contributed by atoms with Gasteiger partial charge in [0.15, 0.2) is 6.29 Å². The Balaban J connectivity index is 1.76. The molecule has 122 valence electrons. The summed E-state index contributed by atoms with van der Waals surface area (Å²) in [6.07, 6.45) is 1.34. The zero-order chi connectivity index (χ0) is 15.8. The molecule has 22 heavy (non-hydrogen) atoms. The van der Waals surface area contributed by atoms with E-state index in [1.165, 1.54) is 0 Å². The number of benzene rings is 1. The second kappa shape index (κ2) is 8.88. The molecule has 1 aromatic carbocycles. The molecule has 5 nitrogen and oxygen atoms in total. The first-order valence-corrected chi connectivity index (χ1v) is 7.86. The van der Waals surface area contributed by atoms with Gasteiger partial charge in [0.25, 0.3) is 0 Å². The molecule has 0 radical (unpaired) electrons. The van der Waals surface area contributed by atoms with E-state index in [2.05, 4.69) is 0 Å². The second-order valence-corrected chi connectivity index (χ2v) is 5.37. The molecule has 3 unspecified atom stereocenters. The Morgan fingerprint density at radius 1 is 1.32 bits per heavy atom. The molecule has 0 aromatic heterocycles. The molecule has 1 saturated heterocycles. The molecule has 1 aromatic rings. The van der Waals surface area contributed by atoms with Gasteiger partial charge in [0.05, 0.1) is 19.3 Å². The lowest BCUT2D eigenvalue weighted by Crippen LogP contribution is -2.40. The Bertz CT molecular complexity index is 448. The molecule has 0 bridgehead atoms. The van der Waals surface area contributed by atoms with Gasteiger partial charge in [-0.2, -0.15) is 0 Å². The minimum atomic E-state index is -0.623. The zero-order valence-electron chi connectivity index (χ0n) is 12.9. The maximum absolute atomic E-state index is 11.3. The van der Waals surface area contributed by atoms with Crippen molar-refractivity contribution in [2.24, 2.45) is 0 Å². The van der Waals surface area contributed by atoms with E-state index in [1.807, 2.05) is 30.3 Å². The van der Waals surface area contributed by atoms with Crippen LogP contribution >= 0.6 is 0 Å². The fraction of sp³-hybridized carbons (Fsp3) is 0.588. The number of hydrogen-bond acceptors (Lipinski definition) is 5. The van der Waals surface area contributed by atoms with Gasteiger partial charge >= 0.3 is 5.97 Å². The molecular weight excluding hydrogens is 284 g/mol. The Labute approximate surface area is 131 Å². The molecule has 1 fully saturated rings. The van der Waals surface area contributed by atoms with Gasteiger partial charge in [0.2, 0.25) is 0 Å². The Morgan fingerprint density at radius 3 is 2.82 bits per heavy atom. The van der Waals surface area contributed by atoms with Gasteiger partial charge in [-0.05, 0) is 19.8 Å². The number of carbonyl (C=O) groups excluding carboxylic acids is 1. The van der Waals surface area contributed by atoms with Crippen molar-refractivity contribution in [1.82, 2.24) is 0 Å². The maximum atomic E-state index is 11.3. The molecule has 0 aliphatic carbocycles. The van der Waals surface area contributed by atoms with Gasteiger partial charge < -0.3 is 19.3 Å². The van der Waals surface area contributed by atoms with Crippen LogP contribution in [-0.4, -0.2) is 36.5 Å². The molecular formula is C17H24O5. The summed E-state index contributed by atoms with van der Waals surface area (Å²) in [7, 11) is 0. The third-order valence-electron chi connectivity index (χ3n) is 3.64. The highest BCUT2D eigenvalue weighted by atomic mass is 16.7. The third-order valence-corrected chi connectivity index (χ3v) is 3.64. The molecule has 0 spiro atoms. The van der Waals surface area contributed by atoms with Crippen molar-refractivity contribution < 1.29 is 24.1 Å². The van der Waals surface area contributed by atoms with Crippen LogP contribution in [0.1, 0.15) is 44.5 Å². The van der Waals surface area contributed by atoms with Crippen LogP contribution in [0.3, 0.4) is 0 Å². The van der Waals surface area contributed by atoms with Gasteiger partial charge in [-0.3, -0.25) is 4.79 Å². The van der Waals surface area contributed by atoms with Crippen LogP contribution in [0.4, 0.5) is 0 Å². The van der Waals surface area contributed by atoms with Gasteiger partial charge in [0.1, 0.15) is 6.10 Å². The number of aliphatic hydroxyl groups excluding tert-OH is 1. The lowest BCUT2D eigenvalue weighted by molar-refractivity contribution is -0.258. The Kier molecular flexibility index (Phi) is 6.83. The largest absolute Gasteiger partial charge is 0.466 e. The standard InChI is InChI=1S/C17H24O5/c1-2-20-16(19)11-7-6-10-15-14(18)12-21-17(22-15)13-8-4-3-5-9-13/h3-5,8-9,14-15,17-18H,2,6-7,10-12H2,1H3. The van der Waals surface area contributed by atoms with E-state index in [0.717, 1.165) is 18.4 Å². The minimum absolute atomic E-state index is 0.168. The second-order valence-electron chi connectivity index (χ2n) is 5.37. The summed E-state index contributed by atoms with van der Waals surface area (Å²) in [6, 6.07) is 9.69. The average Bonchev–Trinajstić information content (AvgIpc) is 2.54. The Morgan fingerprint density at radius 2 is 2.09 bits per heavy atom. The van der Waals surface area contributed by atoms with E-state index in [-0.39, 0.29) is 18.7 Å². The van der Waals surface area contributed by atoms with Crippen molar-refractivity contribution in [2.45, 2.75) is 51.1 Å². The summed E-state index contributed by atoms with van der Waals surface area (Å²) in [4.78, 5) is 11.3. The van der Waals surface area contributed by atoms with Gasteiger partial charge in [-0.25, -0.2) is 0 Å². The van der Waals surface area contributed by atoms with Gasteiger partial charge in [-0.1, -0.05) is 36.8 Å². The van der Waals surface area contributed by atoms with Crippen LogP contribution in [0, 0.1) is 0 Å². The van der Waals surface area contributed by atoms with E-state index in [1.54, 1.807) is 6.92 Å². The number of esters is 1. The molecule has 3 atom stereocenters. The predicted octanol–water partition coefficient (Wildman–Crippen LogP) is 2.59. The van der Waals surface area contributed by atoms with Crippen LogP contribution in [0.5, 0.6) is 0 Å². The number of ether oxygens (including phenoxy) is 3. The molecule has 2 rings (SSSR count). The highest BCUT2D eigenvalue weighted by Crippen LogP contribution is 2.28. The highest BCUT2D eigenvalue weighted by Gasteiger charge is 2.30. The summed E-state index contributed by atoms with van der Waals surface area (Å²) < 4.78 is 16.3. The first-order chi connectivity index (χ1) is 10.7. The SMILES string of the molecule is CCOC(=O)CCCCC1OC(c2ccccc2)OCC1O. The summed E-state index contributed by atoms with van der Waals surface area (Å²) in [6.45, 7) is 2.48. The first-order valence-electron chi connectivity index (χ1n) is 7.86. The van der Waals surface area contributed by atoms with Gasteiger partial charge in [-0.15, -0.1) is 0 Å². The van der Waals surface area contributed by atoms with Crippen molar-refractivity contribution in [3.63, 3.8) is 0 Å². The normalized spacial score (nSPS) is 24.9. The van der Waals surface area contributed by atoms with Crippen molar-refractivity contribution in [3.05, 3.63) is 35.9 Å². The number of carbonyl (C=O) groups is 1. The molecule has 1 N–H and O–H groups in total. The van der Waals surface area contributed by atoms with Crippen molar-refractivity contribution in [2.75, 3.05) is 13.2 Å². The lowest BCUT2D eigenvalue weighted by atomic mass is 10.0. The van der Waals surface area contributed by atoms with Crippen LogP contribution < -0.4 is 0 Å². The summed E-state index contributed by atoms with van der Waals surface area (Å²) in [5.41, 5.74) is 0.950. The topological polar surface area (TPSA) is 65.0 Å². The van der Waals surface area contributed by atoms with E-state index in [9.17, 15) is 9.90 Å². The molecule has 1 aliphatic heterocycles. The fourth-order valence-electron chi connectivity index (χ4n) is 2.48. The van der Waals surface area contributed by atoms with Crippen molar-refractivity contribution in [3.8, 4) is 0 Å². The fourth-order valence-corrected chi connectivity index (χ4v) is 2.48. The molecule has 1 heterocycles. The van der Waals surface area contributed by atoms with Crippen LogP contribution in [0.2, 0.25) is 0 Å². The third kappa shape index (κ3) is 5.09. The highest BCUT2D eigenvalue weighted by molar-refractivity contribution is 5.69. The summed E-state index contributed by atoms with van der Waals surface area (Å²) >= 11 is 0. The molecule has 1 aliphatic rings.